The maximum absolute atomic E-state index is 12.8. The van der Waals surface area contributed by atoms with Crippen molar-refractivity contribution < 1.29 is 19.4 Å². The Labute approximate surface area is 149 Å². The van der Waals surface area contributed by atoms with Gasteiger partial charge in [-0.1, -0.05) is 29.8 Å². The van der Waals surface area contributed by atoms with E-state index in [-0.39, 0.29) is 25.0 Å². The number of hydrogen-bond acceptors (Lipinski definition) is 3. The van der Waals surface area contributed by atoms with Gasteiger partial charge in [-0.25, -0.2) is 0 Å². The zero-order valence-electron chi connectivity index (χ0n) is 13.3. The van der Waals surface area contributed by atoms with Crippen LogP contribution in [0.4, 0.5) is 0 Å². The Morgan fingerprint density at radius 3 is 2.60 bits per heavy atom. The number of likely N-dealkylation sites (tertiary alicyclic amines) is 1. The molecule has 6 heteroatoms. The number of hydrogen-bond donors (Lipinski definition) is 1. The quantitative estimate of drug-likeness (QED) is 0.897. The fourth-order valence-electron chi connectivity index (χ4n) is 3.77. The van der Waals surface area contributed by atoms with Crippen molar-refractivity contribution in [2.45, 2.75) is 5.92 Å². The Bertz CT molecular complexity index is 851. The molecule has 0 aliphatic carbocycles. The molecule has 0 bridgehead atoms. The smallest absolute Gasteiger partial charge is 0.315 e. The molecule has 0 spiro atoms. The molecular formula is C19H16ClNO4. The van der Waals surface area contributed by atoms with Crippen molar-refractivity contribution in [3.05, 3.63) is 64.7 Å². The van der Waals surface area contributed by atoms with Gasteiger partial charge in [0.15, 0.2) is 0 Å². The highest BCUT2D eigenvalue weighted by molar-refractivity contribution is 6.30. The van der Waals surface area contributed by atoms with Crippen LogP contribution >= 0.6 is 11.6 Å². The maximum atomic E-state index is 12.8. The van der Waals surface area contributed by atoms with E-state index in [4.69, 9.17) is 16.3 Å². The lowest BCUT2D eigenvalue weighted by atomic mass is 9.73. The molecule has 2 aliphatic rings. The average molecular weight is 358 g/mol. The van der Waals surface area contributed by atoms with Crippen LogP contribution in [0.1, 0.15) is 21.8 Å². The minimum Gasteiger partial charge on any atom is -0.492 e. The van der Waals surface area contributed by atoms with Gasteiger partial charge in [0.1, 0.15) is 17.8 Å². The Kier molecular flexibility index (Phi) is 3.69. The predicted molar refractivity (Wildman–Crippen MR) is 92.1 cm³/mol. The molecule has 128 valence electrons. The molecule has 5 nitrogen and oxygen atoms in total. The average Bonchev–Trinajstić information content (AvgIpc) is 3.03. The Balaban J connectivity index is 1.70. The molecule has 2 aromatic rings. The van der Waals surface area contributed by atoms with Crippen molar-refractivity contribution in [3.63, 3.8) is 0 Å². The number of carbonyl (C=O) groups excluding carboxylic acids is 1. The van der Waals surface area contributed by atoms with E-state index in [0.717, 1.165) is 5.56 Å². The van der Waals surface area contributed by atoms with Crippen LogP contribution in [0.25, 0.3) is 0 Å². The minimum absolute atomic E-state index is 0.0639. The first-order valence-electron chi connectivity index (χ1n) is 8.01. The molecule has 0 saturated carbocycles. The van der Waals surface area contributed by atoms with E-state index in [1.54, 1.807) is 29.2 Å². The first kappa shape index (κ1) is 16.0. The summed E-state index contributed by atoms with van der Waals surface area (Å²) in [6.45, 7) is 0.547. The molecule has 1 N–H and O–H groups in total. The van der Waals surface area contributed by atoms with Crippen LogP contribution in [0, 0.1) is 5.41 Å². The summed E-state index contributed by atoms with van der Waals surface area (Å²) in [6.07, 6.45) is 0. The maximum Gasteiger partial charge on any atom is 0.315 e. The molecule has 25 heavy (non-hydrogen) atoms. The summed E-state index contributed by atoms with van der Waals surface area (Å²) in [5, 5.41) is 10.4. The molecule has 2 aliphatic heterocycles. The lowest BCUT2D eigenvalue weighted by molar-refractivity contribution is -0.151. The summed E-state index contributed by atoms with van der Waals surface area (Å²) in [7, 11) is 0. The Morgan fingerprint density at radius 2 is 1.88 bits per heavy atom. The molecule has 2 heterocycles. The second kappa shape index (κ2) is 5.77. The molecular weight excluding hydrogens is 342 g/mol. The predicted octanol–water partition coefficient (Wildman–Crippen LogP) is 3.04. The molecule has 4 rings (SSSR count). The number of halogens is 1. The fraction of sp³-hybridized carbons (Fsp3) is 0.263. The van der Waals surface area contributed by atoms with E-state index in [2.05, 4.69) is 0 Å². The van der Waals surface area contributed by atoms with Gasteiger partial charge < -0.3 is 14.7 Å². The number of benzene rings is 2. The van der Waals surface area contributed by atoms with E-state index in [9.17, 15) is 14.7 Å². The van der Waals surface area contributed by atoms with Gasteiger partial charge in [-0.3, -0.25) is 9.59 Å². The van der Waals surface area contributed by atoms with E-state index < -0.39 is 11.4 Å². The van der Waals surface area contributed by atoms with Gasteiger partial charge in [-0.05, 0) is 30.3 Å². The van der Waals surface area contributed by atoms with Crippen LogP contribution in [0.15, 0.2) is 48.5 Å². The standard InChI is InChI=1S/C19H16ClNO4/c20-13-7-5-12(6-8-13)17(22)21-9-15-14-3-1-2-4-16(14)25-11-19(15,10-21)18(23)24/h1-8,15H,9-11H2,(H,23,24)/t15-,19-/m0/s1. The van der Waals surface area contributed by atoms with Crippen molar-refractivity contribution in [1.82, 2.24) is 4.90 Å². The van der Waals surface area contributed by atoms with Crippen LogP contribution in [-0.2, 0) is 4.79 Å². The second-order valence-electron chi connectivity index (χ2n) is 6.53. The summed E-state index contributed by atoms with van der Waals surface area (Å²) in [6, 6.07) is 14.1. The number of carbonyl (C=O) groups is 2. The molecule has 1 fully saturated rings. The minimum atomic E-state index is -1.11. The number of fused-ring (bicyclic) bond motifs is 3. The molecule has 2 atom stereocenters. The van der Waals surface area contributed by atoms with Crippen molar-refractivity contribution in [2.24, 2.45) is 5.41 Å². The van der Waals surface area contributed by atoms with E-state index >= 15 is 0 Å². The van der Waals surface area contributed by atoms with Crippen molar-refractivity contribution in [2.75, 3.05) is 19.7 Å². The molecule has 1 amide bonds. The van der Waals surface area contributed by atoms with Gasteiger partial charge in [0.05, 0.1) is 0 Å². The lowest BCUT2D eigenvalue weighted by Gasteiger charge is -2.35. The van der Waals surface area contributed by atoms with Crippen LogP contribution in [0.2, 0.25) is 5.02 Å². The fourth-order valence-corrected chi connectivity index (χ4v) is 3.89. The number of amides is 1. The zero-order valence-corrected chi connectivity index (χ0v) is 14.1. The van der Waals surface area contributed by atoms with Crippen LogP contribution < -0.4 is 4.74 Å². The number of nitrogens with zero attached hydrogens (tertiary/aromatic N) is 1. The van der Waals surface area contributed by atoms with Crippen molar-refractivity contribution in [3.8, 4) is 5.75 Å². The Hall–Kier alpha value is -2.53. The highest BCUT2D eigenvalue weighted by Gasteiger charge is 2.57. The summed E-state index contributed by atoms with van der Waals surface area (Å²) in [5.41, 5.74) is 0.233. The lowest BCUT2D eigenvalue weighted by Crippen LogP contribution is -2.46. The molecule has 0 radical (unpaired) electrons. The summed E-state index contributed by atoms with van der Waals surface area (Å²) in [5.74, 6) is -0.709. The molecule has 0 unspecified atom stereocenters. The zero-order chi connectivity index (χ0) is 17.6. The molecule has 0 aromatic heterocycles. The Morgan fingerprint density at radius 1 is 1.16 bits per heavy atom. The highest BCUT2D eigenvalue weighted by Crippen LogP contribution is 2.49. The monoisotopic (exact) mass is 357 g/mol. The summed E-state index contributed by atoms with van der Waals surface area (Å²) in [4.78, 5) is 26.5. The number of carboxylic acids is 1. The van der Waals surface area contributed by atoms with Gasteiger partial charge in [0, 0.05) is 35.2 Å². The number of aliphatic carboxylic acids is 1. The van der Waals surface area contributed by atoms with E-state index in [1.165, 1.54) is 0 Å². The third-order valence-electron chi connectivity index (χ3n) is 5.13. The van der Waals surface area contributed by atoms with Gasteiger partial charge in [0.2, 0.25) is 0 Å². The van der Waals surface area contributed by atoms with Gasteiger partial charge in [-0.2, -0.15) is 0 Å². The van der Waals surface area contributed by atoms with Crippen LogP contribution in [0.3, 0.4) is 0 Å². The van der Waals surface area contributed by atoms with E-state index in [0.29, 0.717) is 22.9 Å². The molecule has 2 aromatic carbocycles. The third kappa shape index (κ3) is 2.46. The van der Waals surface area contributed by atoms with Gasteiger partial charge in [0.25, 0.3) is 5.91 Å². The van der Waals surface area contributed by atoms with Crippen molar-refractivity contribution >= 4 is 23.5 Å². The first-order valence-corrected chi connectivity index (χ1v) is 8.39. The third-order valence-corrected chi connectivity index (χ3v) is 5.38. The number of carboxylic acid groups (broad SMARTS) is 1. The normalized spacial score (nSPS) is 24.2. The highest BCUT2D eigenvalue weighted by atomic mass is 35.5. The second-order valence-corrected chi connectivity index (χ2v) is 6.97. The van der Waals surface area contributed by atoms with Crippen LogP contribution in [0.5, 0.6) is 5.75 Å². The largest absolute Gasteiger partial charge is 0.492 e. The topological polar surface area (TPSA) is 66.8 Å². The van der Waals surface area contributed by atoms with Gasteiger partial charge in [-0.15, -0.1) is 0 Å². The first-order chi connectivity index (χ1) is 12.0. The van der Waals surface area contributed by atoms with E-state index in [1.807, 2.05) is 24.3 Å². The number of rotatable bonds is 2. The van der Waals surface area contributed by atoms with Gasteiger partial charge >= 0.3 is 5.97 Å². The summed E-state index contributed by atoms with van der Waals surface area (Å²) < 4.78 is 5.72. The number of para-hydroxylation sites is 1. The SMILES string of the molecule is O=C(c1ccc(Cl)cc1)N1C[C@H]2c3ccccc3OC[C@@]2(C(=O)O)C1. The van der Waals surface area contributed by atoms with Crippen molar-refractivity contribution in [1.29, 1.82) is 0 Å². The summed E-state index contributed by atoms with van der Waals surface area (Å²) >= 11 is 5.88. The van der Waals surface area contributed by atoms with Crippen LogP contribution in [-0.4, -0.2) is 41.6 Å². The number of ether oxygens (including phenoxy) is 1. The molecule has 1 saturated heterocycles.